The molecule has 0 N–H and O–H groups in total. The van der Waals surface area contributed by atoms with E-state index in [1.54, 1.807) is 6.20 Å². The highest BCUT2D eigenvalue weighted by Crippen LogP contribution is 2.29. The fourth-order valence-corrected chi connectivity index (χ4v) is 3.76. The third-order valence-corrected chi connectivity index (χ3v) is 5.19. The molecular weight excluding hydrogens is 364 g/mol. The zero-order valence-electron chi connectivity index (χ0n) is 16.2. The summed E-state index contributed by atoms with van der Waals surface area (Å²) in [5.74, 6) is 0.511. The second-order valence-corrected chi connectivity index (χ2v) is 7.00. The second kappa shape index (κ2) is 9.58. The lowest BCUT2D eigenvalue weighted by Gasteiger charge is -2.18. The molecule has 2 heterocycles. The fourth-order valence-electron chi connectivity index (χ4n) is 3.76. The molecule has 0 spiro atoms. The number of rotatable bonds is 3. The number of carbonyl (C=O) groups is 1. The van der Waals surface area contributed by atoms with Crippen LogP contribution >= 0.6 is 0 Å². The molecule has 5 nitrogen and oxygen atoms in total. The molecule has 3 aromatic rings. The van der Waals surface area contributed by atoms with Crippen molar-refractivity contribution >= 4 is 12.1 Å². The van der Waals surface area contributed by atoms with Gasteiger partial charge in [0.25, 0.3) is 5.91 Å². The normalized spacial score (nSPS) is 15.2. The monoisotopic (exact) mass is 386 g/mol. The number of aromatic nitrogens is 1. The van der Waals surface area contributed by atoms with E-state index in [0.29, 0.717) is 5.92 Å². The number of carbonyl (C=O) groups excluding carboxylic acids is 3. The van der Waals surface area contributed by atoms with E-state index in [1.165, 1.54) is 16.7 Å². The molecule has 5 heteroatoms. The van der Waals surface area contributed by atoms with E-state index in [4.69, 9.17) is 9.59 Å². The zero-order valence-corrected chi connectivity index (χ0v) is 16.2. The quantitative estimate of drug-likeness (QED) is 0.680. The van der Waals surface area contributed by atoms with Gasteiger partial charge in [-0.05, 0) is 53.8 Å². The van der Waals surface area contributed by atoms with E-state index < -0.39 is 0 Å². The van der Waals surface area contributed by atoms with Crippen LogP contribution in [0.3, 0.4) is 0 Å². The average molecular weight is 386 g/mol. The van der Waals surface area contributed by atoms with E-state index in [-0.39, 0.29) is 12.1 Å². The van der Waals surface area contributed by atoms with Crippen molar-refractivity contribution in [3.05, 3.63) is 89.7 Å². The van der Waals surface area contributed by atoms with Gasteiger partial charge >= 0.3 is 6.15 Å². The Bertz CT molecular complexity index is 997. The lowest BCUT2D eigenvalue weighted by atomic mass is 9.98. The van der Waals surface area contributed by atoms with Crippen LogP contribution in [0.2, 0.25) is 0 Å². The Morgan fingerprint density at radius 3 is 2.48 bits per heavy atom. The summed E-state index contributed by atoms with van der Waals surface area (Å²) in [5.41, 5.74) is 5.48. The van der Waals surface area contributed by atoms with Gasteiger partial charge in [0.05, 0.1) is 0 Å². The number of pyridine rings is 1. The van der Waals surface area contributed by atoms with Crippen LogP contribution in [-0.2, 0) is 9.59 Å². The SMILES string of the molecule is Cc1cc(C(=O)N2CCC(c3cccnc3)C2)ccc1-c1ccccc1.O=C=O. The Balaban J connectivity index is 0.000000755. The van der Waals surface area contributed by atoms with Gasteiger partial charge in [-0.2, -0.15) is 9.59 Å². The largest absolute Gasteiger partial charge is 0.373 e. The molecule has 4 rings (SSSR count). The minimum absolute atomic E-state index is 0.124. The van der Waals surface area contributed by atoms with E-state index >= 15 is 0 Å². The van der Waals surface area contributed by atoms with Crippen molar-refractivity contribution < 1.29 is 14.4 Å². The first-order valence-corrected chi connectivity index (χ1v) is 9.48. The van der Waals surface area contributed by atoms with Gasteiger partial charge in [-0.15, -0.1) is 0 Å². The molecule has 0 saturated carbocycles. The summed E-state index contributed by atoms with van der Waals surface area (Å²) in [5, 5.41) is 0. The van der Waals surface area contributed by atoms with Crippen LogP contribution in [0.15, 0.2) is 73.1 Å². The van der Waals surface area contributed by atoms with Crippen LogP contribution < -0.4 is 0 Å². The molecule has 0 bridgehead atoms. The van der Waals surface area contributed by atoms with E-state index in [0.717, 1.165) is 30.6 Å². The highest BCUT2D eigenvalue weighted by Gasteiger charge is 2.28. The van der Waals surface area contributed by atoms with Gasteiger partial charge in [-0.1, -0.05) is 42.5 Å². The first-order valence-electron chi connectivity index (χ1n) is 9.48. The number of amides is 1. The maximum atomic E-state index is 12.9. The molecule has 0 radical (unpaired) electrons. The molecule has 1 fully saturated rings. The Hall–Kier alpha value is -3.56. The van der Waals surface area contributed by atoms with Gasteiger partial charge in [0.2, 0.25) is 0 Å². The maximum absolute atomic E-state index is 12.9. The Kier molecular flexibility index (Phi) is 6.67. The minimum Gasteiger partial charge on any atom is -0.338 e. The van der Waals surface area contributed by atoms with Crippen molar-refractivity contribution in [2.45, 2.75) is 19.3 Å². The third kappa shape index (κ3) is 4.84. The van der Waals surface area contributed by atoms with Crippen molar-refractivity contribution in [2.75, 3.05) is 13.1 Å². The van der Waals surface area contributed by atoms with Crippen LogP contribution in [0.1, 0.15) is 33.8 Å². The molecule has 0 aliphatic carbocycles. The highest BCUT2D eigenvalue weighted by atomic mass is 16.2. The summed E-state index contributed by atoms with van der Waals surface area (Å²) in [6.45, 7) is 3.64. The van der Waals surface area contributed by atoms with Crippen molar-refractivity contribution in [2.24, 2.45) is 0 Å². The van der Waals surface area contributed by atoms with E-state index in [9.17, 15) is 4.79 Å². The molecule has 29 heavy (non-hydrogen) atoms. The lowest BCUT2D eigenvalue weighted by Crippen LogP contribution is -2.28. The van der Waals surface area contributed by atoms with Gasteiger partial charge in [0.1, 0.15) is 0 Å². The van der Waals surface area contributed by atoms with E-state index in [2.05, 4.69) is 36.2 Å². The molecule has 1 saturated heterocycles. The number of hydrogen-bond acceptors (Lipinski definition) is 4. The summed E-state index contributed by atoms with van der Waals surface area (Å²) in [6.07, 6.45) is 4.95. The molecule has 2 aromatic carbocycles. The molecule has 1 aromatic heterocycles. The van der Waals surface area contributed by atoms with Gasteiger partial charge in [-0.25, -0.2) is 0 Å². The van der Waals surface area contributed by atoms with Gasteiger partial charge in [-0.3, -0.25) is 9.78 Å². The summed E-state index contributed by atoms with van der Waals surface area (Å²) < 4.78 is 0. The number of benzene rings is 2. The van der Waals surface area contributed by atoms with Gasteiger partial charge < -0.3 is 4.90 Å². The van der Waals surface area contributed by atoms with Crippen molar-refractivity contribution in [3.8, 4) is 11.1 Å². The minimum atomic E-state index is 0.124. The molecule has 146 valence electrons. The van der Waals surface area contributed by atoms with Crippen molar-refractivity contribution in [1.82, 2.24) is 9.88 Å². The summed E-state index contributed by atoms with van der Waals surface area (Å²) >= 11 is 0. The number of likely N-dealkylation sites (tertiary alicyclic amines) is 1. The molecule has 1 aliphatic rings. The molecule has 1 aliphatic heterocycles. The standard InChI is InChI=1S/C23H22N2O.CO2/c1-17-14-19(9-10-22(17)18-6-3-2-4-7-18)23(26)25-13-11-21(16-25)20-8-5-12-24-15-20;2-1-3/h2-10,12,14-15,21H,11,13,16H2,1H3;. The smallest absolute Gasteiger partial charge is 0.338 e. The zero-order chi connectivity index (χ0) is 20.6. The Morgan fingerprint density at radius 1 is 1.07 bits per heavy atom. The Morgan fingerprint density at radius 2 is 1.83 bits per heavy atom. The van der Waals surface area contributed by atoms with Crippen molar-refractivity contribution in [3.63, 3.8) is 0 Å². The molecular formula is C24H22N2O3. The molecule has 1 amide bonds. The van der Waals surface area contributed by atoms with E-state index in [1.807, 2.05) is 47.5 Å². The van der Waals surface area contributed by atoms with Crippen LogP contribution in [0.4, 0.5) is 0 Å². The predicted molar refractivity (Wildman–Crippen MR) is 109 cm³/mol. The third-order valence-electron chi connectivity index (χ3n) is 5.19. The molecule has 1 atom stereocenters. The number of hydrogen-bond donors (Lipinski definition) is 0. The van der Waals surface area contributed by atoms with Crippen molar-refractivity contribution in [1.29, 1.82) is 0 Å². The van der Waals surface area contributed by atoms with Gasteiger partial charge in [0, 0.05) is 37.0 Å². The Labute approximate surface area is 170 Å². The summed E-state index contributed by atoms with van der Waals surface area (Å²) in [6, 6.07) is 20.4. The predicted octanol–water partition coefficient (Wildman–Crippen LogP) is 4.10. The van der Waals surface area contributed by atoms with Crippen LogP contribution in [0, 0.1) is 6.92 Å². The fraction of sp³-hybridized carbons (Fsp3) is 0.208. The number of aryl methyl sites for hydroxylation is 1. The maximum Gasteiger partial charge on any atom is 0.373 e. The highest BCUT2D eigenvalue weighted by molar-refractivity contribution is 5.95. The number of nitrogens with zero attached hydrogens (tertiary/aromatic N) is 2. The topological polar surface area (TPSA) is 67.3 Å². The van der Waals surface area contributed by atoms with Gasteiger partial charge in [0.15, 0.2) is 0 Å². The van der Waals surface area contributed by atoms with Crippen LogP contribution in [-0.4, -0.2) is 35.0 Å². The van der Waals surface area contributed by atoms with Crippen LogP contribution in [0.5, 0.6) is 0 Å². The lowest BCUT2D eigenvalue weighted by molar-refractivity contribution is -0.191. The summed E-state index contributed by atoms with van der Waals surface area (Å²) in [4.78, 5) is 35.4. The first-order chi connectivity index (χ1) is 14.1. The first kappa shape index (κ1) is 20.2. The van der Waals surface area contributed by atoms with Crippen LogP contribution in [0.25, 0.3) is 11.1 Å². The molecule has 1 unspecified atom stereocenters. The summed E-state index contributed by atoms with van der Waals surface area (Å²) in [7, 11) is 0. The second-order valence-electron chi connectivity index (χ2n) is 7.00. The average Bonchev–Trinajstić information content (AvgIpc) is 3.25.